The number of halogens is 1. The number of carbonyl (C=O) groups excluding carboxylic acids is 1. The van der Waals surface area contributed by atoms with E-state index >= 15 is 0 Å². The van der Waals surface area contributed by atoms with Gasteiger partial charge in [0.15, 0.2) is 5.82 Å². The molecule has 1 fully saturated rings. The van der Waals surface area contributed by atoms with E-state index in [1.165, 1.54) is 6.07 Å². The first-order chi connectivity index (χ1) is 14.5. The molecule has 4 rings (SSSR count). The van der Waals surface area contributed by atoms with Gasteiger partial charge >= 0.3 is 0 Å². The number of nitrogens with two attached hydrogens (primary N) is 1. The van der Waals surface area contributed by atoms with Gasteiger partial charge in [-0.3, -0.25) is 9.59 Å². The maximum atomic E-state index is 14.5. The Morgan fingerprint density at radius 1 is 1.10 bits per heavy atom. The van der Waals surface area contributed by atoms with Crippen molar-refractivity contribution in [1.82, 2.24) is 15.0 Å². The molecule has 154 valence electrons. The molecule has 1 amide bonds. The number of H-pyrrole nitrogens is 1. The lowest BCUT2D eigenvalue weighted by molar-refractivity contribution is -0.122. The number of rotatable bonds is 5. The van der Waals surface area contributed by atoms with Crippen LogP contribution in [0.15, 0.2) is 53.6 Å². The zero-order valence-electron chi connectivity index (χ0n) is 16.3. The van der Waals surface area contributed by atoms with Crippen LogP contribution in [0.4, 0.5) is 10.3 Å². The van der Waals surface area contributed by atoms with Gasteiger partial charge in [-0.05, 0) is 48.9 Å². The summed E-state index contributed by atoms with van der Waals surface area (Å²) in [5, 5.41) is 3.25. The average Bonchev–Trinajstić information content (AvgIpc) is 2.76. The van der Waals surface area contributed by atoms with E-state index < -0.39 is 5.82 Å². The van der Waals surface area contributed by atoms with Crippen LogP contribution in [0.1, 0.15) is 25.7 Å². The molecule has 30 heavy (non-hydrogen) atoms. The van der Waals surface area contributed by atoms with Crippen molar-refractivity contribution in [3.63, 3.8) is 0 Å². The molecule has 2 heterocycles. The molecular formula is C22H22FN5O2. The summed E-state index contributed by atoms with van der Waals surface area (Å²) in [5.41, 5.74) is 7.66. The zero-order valence-corrected chi connectivity index (χ0v) is 16.3. The Bertz CT molecular complexity index is 1100. The number of benzene rings is 1. The molecule has 1 aromatic carbocycles. The molecule has 4 N–H and O–H groups in total. The molecule has 2 aromatic heterocycles. The summed E-state index contributed by atoms with van der Waals surface area (Å²) in [6, 6.07) is 10.6. The number of hydrogen-bond donors (Lipinski definition) is 3. The van der Waals surface area contributed by atoms with E-state index in [9.17, 15) is 14.0 Å². The van der Waals surface area contributed by atoms with Crippen LogP contribution in [-0.4, -0.2) is 26.9 Å². The average molecular weight is 407 g/mol. The van der Waals surface area contributed by atoms with Crippen LogP contribution >= 0.6 is 0 Å². The van der Waals surface area contributed by atoms with Crippen LogP contribution in [0.25, 0.3) is 22.4 Å². The highest BCUT2D eigenvalue weighted by Crippen LogP contribution is 2.28. The van der Waals surface area contributed by atoms with Crippen LogP contribution in [0.2, 0.25) is 0 Å². The second kappa shape index (κ2) is 8.44. The van der Waals surface area contributed by atoms with E-state index in [1.807, 2.05) is 18.2 Å². The lowest BCUT2D eigenvalue weighted by atomic mass is 9.86. The molecule has 0 unspecified atom stereocenters. The molecule has 0 spiro atoms. The lowest BCUT2D eigenvalue weighted by Crippen LogP contribution is -2.32. The number of hydrogen-bond acceptors (Lipinski definition) is 5. The standard InChI is InChI=1S/C22H22FN5O2/c23-18-12-26-22(27-17-7-4-13(5-8-17)21(24)30)28-20(18)15-3-1-2-14(10-15)16-6-9-19(29)25-11-16/h1-3,6,9-13,17H,4-5,7-8H2,(H2,24,30)(H,25,29)(H,26,27,28)/t13-,17-. The number of nitrogens with one attached hydrogen (secondary N) is 2. The van der Waals surface area contributed by atoms with Crippen molar-refractivity contribution >= 4 is 11.9 Å². The molecule has 7 nitrogen and oxygen atoms in total. The Hall–Kier alpha value is -3.55. The van der Waals surface area contributed by atoms with E-state index in [0.717, 1.165) is 43.0 Å². The molecule has 1 aliphatic rings. The Morgan fingerprint density at radius 2 is 1.87 bits per heavy atom. The second-order valence-corrected chi connectivity index (χ2v) is 7.51. The zero-order chi connectivity index (χ0) is 21.1. The minimum absolute atomic E-state index is 0.0802. The van der Waals surface area contributed by atoms with Gasteiger partial charge in [0, 0.05) is 29.8 Å². The van der Waals surface area contributed by atoms with Crippen LogP contribution < -0.4 is 16.6 Å². The monoisotopic (exact) mass is 407 g/mol. The number of anilines is 1. The van der Waals surface area contributed by atoms with Crippen molar-refractivity contribution in [2.24, 2.45) is 11.7 Å². The van der Waals surface area contributed by atoms with Crippen LogP contribution in [0.3, 0.4) is 0 Å². The van der Waals surface area contributed by atoms with Gasteiger partial charge in [-0.1, -0.05) is 18.2 Å². The first-order valence-electron chi connectivity index (χ1n) is 9.87. The molecule has 0 saturated heterocycles. The minimum Gasteiger partial charge on any atom is -0.369 e. The van der Waals surface area contributed by atoms with Crippen LogP contribution in [0, 0.1) is 11.7 Å². The van der Waals surface area contributed by atoms with Gasteiger partial charge in [0.2, 0.25) is 17.4 Å². The van der Waals surface area contributed by atoms with E-state index in [0.29, 0.717) is 11.5 Å². The van der Waals surface area contributed by atoms with Crippen molar-refractivity contribution in [2.75, 3.05) is 5.32 Å². The number of nitrogens with zero attached hydrogens (tertiary/aromatic N) is 2. The fourth-order valence-electron chi connectivity index (χ4n) is 3.78. The Balaban J connectivity index is 1.55. The first kappa shape index (κ1) is 19.8. The summed E-state index contributed by atoms with van der Waals surface area (Å²) >= 11 is 0. The molecule has 3 aromatic rings. The normalized spacial score (nSPS) is 18.7. The quantitative estimate of drug-likeness (QED) is 0.601. The highest BCUT2D eigenvalue weighted by Gasteiger charge is 2.25. The molecule has 1 aliphatic carbocycles. The summed E-state index contributed by atoms with van der Waals surface area (Å²) in [5.74, 6) is -0.500. The van der Waals surface area contributed by atoms with Crippen molar-refractivity contribution in [3.8, 4) is 22.4 Å². The first-order valence-corrected chi connectivity index (χ1v) is 9.87. The highest BCUT2D eigenvalue weighted by molar-refractivity contribution is 5.76. The summed E-state index contributed by atoms with van der Waals surface area (Å²) in [7, 11) is 0. The van der Waals surface area contributed by atoms with E-state index in [-0.39, 0.29) is 29.1 Å². The van der Waals surface area contributed by atoms with Gasteiger partial charge < -0.3 is 16.0 Å². The predicted octanol–water partition coefficient (Wildman–Crippen LogP) is 3.09. The second-order valence-electron chi connectivity index (χ2n) is 7.51. The topological polar surface area (TPSA) is 114 Å². The molecule has 8 heteroatoms. The highest BCUT2D eigenvalue weighted by atomic mass is 19.1. The van der Waals surface area contributed by atoms with Crippen molar-refractivity contribution < 1.29 is 9.18 Å². The number of aromatic nitrogens is 3. The molecule has 0 atom stereocenters. The number of pyridine rings is 1. The van der Waals surface area contributed by atoms with Gasteiger partial charge in [0.25, 0.3) is 0 Å². The van der Waals surface area contributed by atoms with E-state index in [4.69, 9.17) is 5.73 Å². The number of carbonyl (C=O) groups is 1. The van der Waals surface area contributed by atoms with Crippen molar-refractivity contribution in [1.29, 1.82) is 0 Å². The summed E-state index contributed by atoms with van der Waals surface area (Å²) < 4.78 is 14.5. The van der Waals surface area contributed by atoms with Gasteiger partial charge in [-0.15, -0.1) is 0 Å². The molecule has 0 bridgehead atoms. The van der Waals surface area contributed by atoms with Crippen molar-refractivity contribution in [3.05, 3.63) is 65.0 Å². The number of amides is 1. The third-order valence-electron chi connectivity index (χ3n) is 5.46. The third kappa shape index (κ3) is 4.37. The Labute approximate surface area is 172 Å². The minimum atomic E-state index is -0.517. The molecule has 0 radical (unpaired) electrons. The molecular weight excluding hydrogens is 385 g/mol. The molecule has 0 aliphatic heterocycles. The van der Waals surface area contributed by atoms with Gasteiger partial charge in [0.05, 0.1) is 6.20 Å². The fraction of sp³-hybridized carbons (Fsp3) is 0.273. The number of aromatic amines is 1. The molecule has 1 saturated carbocycles. The largest absolute Gasteiger partial charge is 0.369 e. The SMILES string of the molecule is NC(=O)[C@H]1CC[C@H](Nc2ncc(F)c(-c3cccc(-c4ccc(=O)[nH]c4)c3)n2)CC1. The Morgan fingerprint density at radius 3 is 2.57 bits per heavy atom. The maximum Gasteiger partial charge on any atom is 0.247 e. The third-order valence-corrected chi connectivity index (χ3v) is 5.46. The van der Waals surface area contributed by atoms with Gasteiger partial charge in [-0.2, -0.15) is 0 Å². The van der Waals surface area contributed by atoms with Gasteiger partial charge in [0.1, 0.15) is 5.69 Å². The predicted molar refractivity (Wildman–Crippen MR) is 112 cm³/mol. The summed E-state index contributed by atoms with van der Waals surface area (Å²) in [6.07, 6.45) is 5.79. The Kier molecular flexibility index (Phi) is 5.56. The summed E-state index contributed by atoms with van der Waals surface area (Å²) in [4.78, 5) is 33.7. The number of primary amides is 1. The maximum absolute atomic E-state index is 14.5. The van der Waals surface area contributed by atoms with Crippen molar-refractivity contribution in [2.45, 2.75) is 31.7 Å². The van der Waals surface area contributed by atoms with Crippen LogP contribution in [0.5, 0.6) is 0 Å². The van der Waals surface area contributed by atoms with Gasteiger partial charge in [-0.25, -0.2) is 14.4 Å². The smallest absolute Gasteiger partial charge is 0.247 e. The fourth-order valence-corrected chi connectivity index (χ4v) is 3.78. The summed E-state index contributed by atoms with van der Waals surface area (Å²) in [6.45, 7) is 0. The van der Waals surface area contributed by atoms with E-state index in [1.54, 1.807) is 18.3 Å². The lowest BCUT2D eigenvalue weighted by Gasteiger charge is -2.27. The van der Waals surface area contributed by atoms with Crippen LogP contribution in [-0.2, 0) is 4.79 Å². The van der Waals surface area contributed by atoms with E-state index in [2.05, 4.69) is 20.3 Å².